The third-order valence-electron chi connectivity index (χ3n) is 4.25. The van der Waals surface area contributed by atoms with Crippen LogP contribution >= 0.6 is 0 Å². The topological polar surface area (TPSA) is 35.5 Å². The number of carbonyl (C=O) groups is 1. The average Bonchev–Trinajstić information content (AvgIpc) is 2.67. The van der Waals surface area contributed by atoms with Crippen molar-refractivity contribution in [3.05, 3.63) is 77.9 Å². The molecule has 3 nitrogen and oxygen atoms in total. The Bertz CT molecular complexity index is 775. The molecule has 2 aromatic rings. The SMILES string of the molecule is C=CC(=O)OCCCOc1cccc2c1CCC(c1ccccc1)=C2. The maximum absolute atomic E-state index is 11.0. The fourth-order valence-corrected chi connectivity index (χ4v) is 2.99. The summed E-state index contributed by atoms with van der Waals surface area (Å²) in [5.74, 6) is 0.534. The highest BCUT2D eigenvalue weighted by Crippen LogP contribution is 2.34. The minimum Gasteiger partial charge on any atom is -0.493 e. The predicted molar refractivity (Wildman–Crippen MR) is 100 cm³/mol. The van der Waals surface area contributed by atoms with E-state index in [2.05, 4.69) is 43.0 Å². The van der Waals surface area contributed by atoms with E-state index < -0.39 is 5.97 Å². The molecule has 1 aliphatic carbocycles. The molecule has 0 unspecified atom stereocenters. The van der Waals surface area contributed by atoms with Gasteiger partial charge in [0.15, 0.2) is 0 Å². The first-order chi connectivity index (χ1) is 12.3. The summed E-state index contributed by atoms with van der Waals surface area (Å²) in [5.41, 5.74) is 5.12. The summed E-state index contributed by atoms with van der Waals surface area (Å²) in [4.78, 5) is 11.0. The first-order valence-corrected chi connectivity index (χ1v) is 8.58. The molecule has 3 rings (SSSR count). The van der Waals surface area contributed by atoms with Crippen molar-refractivity contribution >= 4 is 17.6 Å². The molecule has 2 aromatic carbocycles. The van der Waals surface area contributed by atoms with E-state index in [1.54, 1.807) is 0 Å². The number of rotatable bonds is 7. The average molecular weight is 334 g/mol. The molecule has 1 aliphatic rings. The Morgan fingerprint density at radius 1 is 1.04 bits per heavy atom. The number of carbonyl (C=O) groups excluding carboxylic acids is 1. The van der Waals surface area contributed by atoms with Crippen molar-refractivity contribution < 1.29 is 14.3 Å². The lowest BCUT2D eigenvalue weighted by atomic mass is 9.88. The van der Waals surface area contributed by atoms with E-state index in [1.807, 2.05) is 18.2 Å². The molecule has 0 fully saturated rings. The van der Waals surface area contributed by atoms with Gasteiger partial charge in [-0.05, 0) is 35.6 Å². The summed E-state index contributed by atoms with van der Waals surface area (Å²) in [7, 11) is 0. The summed E-state index contributed by atoms with van der Waals surface area (Å²) in [6.45, 7) is 4.24. The van der Waals surface area contributed by atoms with Gasteiger partial charge in [-0.3, -0.25) is 0 Å². The van der Waals surface area contributed by atoms with Crippen LogP contribution in [0.2, 0.25) is 0 Å². The first-order valence-electron chi connectivity index (χ1n) is 8.58. The first kappa shape index (κ1) is 17.0. The van der Waals surface area contributed by atoms with Crippen LogP contribution in [0.1, 0.15) is 29.5 Å². The zero-order valence-corrected chi connectivity index (χ0v) is 14.2. The van der Waals surface area contributed by atoms with Crippen molar-refractivity contribution in [2.24, 2.45) is 0 Å². The molecule has 0 atom stereocenters. The number of benzene rings is 2. The second kappa shape index (κ2) is 8.34. The minimum atomic E-state index is -0.393. The Kier molecular flexibility index (Phi) is 5.68. The Morgan fingerprint density at radius 2 is 1.88 bits per heavy atom. The highest BCUT2D eigenvalue weighted by molar-refractivity contribution is 5.85. The van der Waals surface area contributed by atoms with Crippen molar-refractivity contribution in [2.75, 3.05) is 13.2 Å². The highest BCUT2D eigenvalue weighted by Gasteiger charge is 2.15. The standard InChI is InChI=1S/C22H22O3/c1-2-22(23)25-15-7-14-24-21-11-6-10-19-16-18(12-13-20(19)21)17-8-4-3-5-9-17/h2-6,8-11,16H,1,7,12-15H2. The molecule has 0 amide bonds. The van der Waals surface area contributed by atoms with E-state index in [4.69, 9.17) is 9.47 Å². The lowest BCUT2D eigenvalue weighted by Crippen LogP contribution is -2.08. The quantitative estimate of drug-likeness (QED) is 0.419. The van der Waals surface area contributed by atoms with Gasteiger partial charge >= 0.3 is 5.97 Å². The zero-order chi connectivity index (χ0) is 17.5. The van der Waals surface area contributed by atoms with Crippen LogP contribution in [-0.2, 0) is 16.0 Å². The van der Waals surface area contributed by atoms with Crippen LogP contribution < -0.4 is 4.74 Å². The van der Waals surface area contributed by atoms with Crippen LogP contribution in [0.15, 0.2) is 61.2 Å². The fraction of sp³-hybridized carbons (Fsp3) is 0.227. The Balaban J connectivity index is 1.64. The van der Waals surface area contributed by atoms with Crippen LogP contribution in [-0.4, -0.2) is 19.2 Å². The molecule has 0 bridgehead atoms. The molecular weight excluding hydrogens is 312 g/mol. The van der Waals surface area contributed by atoms with E-state index in [1.165, 1.54) is 28.3 Å². The van der Waals surface area contributed by atoms with Gasteiger partial charge in [-0.1, -0.05) is 55.1 Å². The fourth-order valence-electron chi connectivity index (χ4n) is 2.99. The molecule has 128 valence electrons. The van der Waals surface area contributed by atoms with Crippen molar-refractivity contribution in [3.8, 4) is 5.75 Å². The molecule has 0 saturated heterocycles. The number of fused-ring (bicyclic) bond motifs is 1. The molecule has 0 radical (unpaired) electrons. The Labute approximate surface area is 148 Å². The molecular formula is C22H22O3. The van der Waals surface area contributed by atoms with E-state index in [9.17, 15) is 4.79 Å². The minimum absolute atomic E-state index is 0.345. The van der Waals surface area contributed by atoms with Crippen LogP contribution in [0.5, 0.6) is 5.75 Å². The Morgan fingerprint density at radius 3 is 2.68 bits per heavy atom. The molecule has 0 N–H and O–H groups in total. The van der Waals surface area contributed by atoms with Gasteiger partial charge in [-0.2, -0.15) is 0 Å². The second-order valence-corrected chi connectivity index (χ2v) is 5.93. The normalized spacial score (nSPS) is 12.7. The lowest BCUT2D eigenvalue weighted by Gasteiger charge is -2.20. The summed E-state index contributed by atoms with van der Waals surface area (Å²) in [6.07, 6.45) is 6.07. The van der Waals surface area contributed by atoms with Gasteiger partial charge in [0, 0.05) is 18.1 Å². The molecule has 0 aliphatic heterocycles. The number of ether oxygens (including phenoxy) is 2. The monoisotopic (exact) mass is 334 g/mol. The van der Waals surface area contributed by atoms with Gasteiger partial charge in [0.2, 0.25) is 0 Å². The van der Waals surface area contributed by atoms with Crippen LogP contribution in [0, 0.1) is 0 Å². The molecule has 0 heterocycles. The lowest BCUT2D eigenvalue weighted by molar-refractivity contribution is -0.137. The summed E-state index contributed by atoms with van der Waals surface area (Å²) < 4.78 is 10.9. The number of esters is 1. The largest absolute Gasteiger partial charge is 0.493 e. The van der Waals surface area contributed by atoms with Gasteiger partial charge in [-0.15, -0.1) is 0 Å². The highest BCUT2D eigenvalue weighted by atomic mass is 16.5. The molecule has 0 spiro atoms. The smallest absolute Gasteiger partial charge is 0.330 e. The maximum atomic E-state index is 11.0. The van der Waals surface area contributed by atoms with Gasteiger partial charge < -0.3 is 9.47 Å². The number of hydrogen-bond donors (Lipinski definition) is 0. The van der Waals surface area contributed by atoms with Crippen LogP contribution in [0.3, 0.4) is 0 Å². The second-order valence-electron chi connectivity index (χ2n) is 5.93. The van der Waals surface area contributed by atoms with Gasteiger partial charge in [0.1, 0.15) is 5.75 Å². The Hall–Kier alpha value is -2.81. The van der Waals surface area contributed by atoms with Crippen LogP contribution in [0.25, 0.3) is 11.6 Å². The third kappa shape index (κ3) is 4.38. The van der Waals surface area contributed by atoms with Gasteiger partial charge in [-0.25, -0.2) is 4.79 Å². The van der Waals surface area contributed by atoms with E-state index in [-0.39, 0.29) is 0 Å². The van der Waals surface area contributed by atoms with E-state index in [0.717, 1.165) is 18.6 Å². The van der Waals surface area contributed by atoms with E-state index in [0.29, 0.717) is 19.6 Å². The van der Waals surface area contributed by atoms with Gasteiger partial charge in [0.05, 0.1) is 13.2 Å². The summed E-state index contributed by atoms with van der Waals surface area (Å²) >= 11 is 0. The van der Waals surface area contributed by atoms with Crippen molar-refractivity contribution in [1.29, 1.82) is 0 Å². The zero-order valence-electron chi connectivity index (χ0n) is 14.2. The number of hydrogen-bond acceptors (Lipinski definition) is 3. The van der Waals surface area contributed by atoms with E-state index >= 15 is 0 Å². The predicted octanol–water partition coefficient (Wildman–Crippen LogP) is 4.67. The van der Waals surface area contributed by atoms with Crippen molar-refractivity contribution in [1.82, 2.24) is 0 Å². The van der Waals surface area contributed by atoms with Crippen LogP contribution in [0.4, 0.5) is 0 Å². The molecule has 3 heteroatoms. The molecule has 0 saturated carbocycles. The van der Waals surface area contributed by atoms with Crippen molar-refractivity contribution in [2.45, 2.75) is 19.3 Å². The molecule has 0 aromatic heterocycles. The maximum Gasteiger partial charge on any atom is 0.330 e. The summed E-state index contributed by atoms with van der Waals surface area (Å²) in [5, 5.41) is 0. The van der Waals surface area contributed by atoms with Gasteiger partial charge in [0.25, 0.3) is 0 Å². The summed E-state index contributed by atoms with van der Waals surface area (Å²) in [6, 6.07) is 16.7. The van der Waals surface area contributed by atoms with Crippen molar-refractivity contribution in [3.63, 3.8) is 0 Å². The molecule has 25 heavy (non-hydrogen) atoms. The number of allylic oxidation sites excluding steroid dienone is 1. The third-order valence-corrected chi connectivity index (χ3v) is 4.25.